The molecule has 0 fully saturated rings. The molecule has 35 heavy (non-hydrogen) atoms. The number of para-hydroxylation sites is 2. The number of rotatable bonds is 4. The summed E-state index contributed by atoms with van der Waals surface area (Å²) in [7, 11) is 0. The summed E-state index contributed by atoms with van der Waals surface area (Å²) in [5.74, 6) is -0.729. The van der Waals surface area contributed by atoms with Crippen molar-refractivity contribution in [2.24, 2.45) is 0 Å². The minimum absolute atomic E-state index is 0.213. The molecule has 0 N–H and O–H groups in total. The molecule has 1 unspecified atom stereocenters. The number of thiazole rings is 1. The molecule has 0 bridgehead atoms. The SMILES string of the molecule is CC(OC(=O)c1cccc2cccc(-c3nc4ccccc4s3)c12)C(=O)N1CCc2ccccc21. The zero-order valence-corrected chi connectivity index (χ0v) is 19.9. The Morgan fingerprint density at radius 1 is 0.943 bits per heavy atom. The molecule has 1 atom stereocenters. The number of benzene rings is 4. The van der Waals surface area contributed by atoms with E-state index in [0.29, 0.717) is 12.1 Å². The van der Waals surface area contributed by atoms with Crippen LogP contribution in [0, 0.1) is 0 Å². The maximum atomic E-state index is 13.4. The summed E-state index contributed by atoms with van der Waals surface area (Å²) in [5.41, 5.74) is 4.26. The largest absolute Gasteiger partial charge is 0.449 e. The number of aromatic nitrogens is 1. The van der Waals surface area contributed by atoms with Gasteiger partial charge in [0.2, 0.25) is 0 Å². The van der Waals surface area contributed by atoms with E-state index < -0.39 is 12.1 Å². The van der Waals surface area contributed by atoms with Gasteiger partial charge in [-0.2, -0.15) is 0 Å². The highest BCUT2D eigenvalue weighted by molar-refractivity contribution is 7.21. The Hall–Kier alpha value is -4.03. The molecular formula is C29H22N2O3S. The lowest BCUT2D eigenvalue weighted by Crippen LogP contribution is -2.39. The van der Waals surface area contributed by atoms with Gasteiger partial charge in [-0.25, -0.2) is 9.78 Å². The molecule has 0 radical (unpaired) electrons. The van der Waals surface area contributed by atoms with Crippen molar-refractivity contribution in [2.45, 2.75) is 19.4 Å². The molecule has 0 saturated carbocycles. The summed E-state index contributed by atoms with van der Waals surface area (Å²) < 4.78 is 6.82. The van der Waals surface area contributed by atoms with Crippen molar-refractivity contribution in [3.05, 3.63) is 96.1 Å². The van der Waals surface area contributed by atoms with Crippen LogP contribution >= 0.6 is 11.3 Å². The van der Waals surface area contributed by atoms with Gasteiger partial charge in [0.05, 0.1) is 15.8 Å². The van der Waals surface area contributed by atoms with Crippen molar-refractivity contribution in [1.82, 2.24) is 4.98 Å². The highest BCUT2D eigenvalue weighted by atomic mass is 32.1. The number of nitrogens with zero attached hydrogens (tertiary/aromatic N) is 2. The second-order valence-corrected chi connectivity index (χ2v) is 9.64. The van der Waals surface area contributed by atoms with Gasteiger partial charge in [0.15, 0.2) is 6.10 Å². The van der Waals surface area contributed by atoms with Crippen molar-refractivity contribution >= 4 is 49.9 Å². The number of carbonyl (C=O) groups is 2. The van der Waals surface area contributed by atoms with Crippen molar-refractivity contribution in [3.63, 3.8) is 0 Å². The Morgan fingerprint density at radius 2 is 1.71 bits per heavy atom. The maximum absolute atomic E-state index is 13.4. The average molecular weight is 479 g/mol. The van der Waals surface area contributed by atoms with Crippen molar-refractivity contribution in [1.29, 1.82) is 0 Å². The average Bonchev–Trinajstić information content (AvgIpc) is 3.52. The van der Waals surface area contributed by atoms with Crippen molar-refractivity contribution in [2.75, 3.05) is 11.4 Å². The molecule has 1 amide bonds. The van der Waals surface area contributed by atoms with Crippen LogP contribution in [0.15, 0.2) is 84.9 Å². The van der Waals surface area contributed by atoms with Crippen LogP contribution in [-0.2, 0) is 16.0 Å². The number of ether oxygens (including phenoxy) is 1. The van der Waals surface area contributed by atoms with Gasteiger partial charge in [0.25, 0.3) is 5.91 Å². The minimum atomic E-state index is -0.904. The fraction of sp³-hybridized carbons (Fsp3) is 0.138. The van der Waals surface area contributed by atoms with Gasteiger partial charge < -0.3 is 9.64 Å². The van der Waals surface area contributed by atoms with Gasteiger partial charge in [-0.1, -0.05) is 60.7 Å². The molecule has 1 aliphatic heterocycles. The Balaban J connectivity index is 1.33. The molecule has 0 saturated heterocycles. The van der Waals surface area contributed by atoms with Gasteiger partial charge in [0, 0.05) is 23.2 Å². The molecule has 2 heterocycles. The number of carbonyl (C=O) groups excluding carboxylic acids is 2. The Kier molecular flexibility index (Phi) is 5.30. The monoisotopic (exact) mass is 478 g/mol. The summed E-state index contributed by atoms with van der Waals surface area (Å²) in [6.07, 6.45) is -0.101. The van der Waals surface area contributed by atoms with Gasteiger partial charge in [-0.15, -0.1) is 11.3 Å². The third-order valence-corrected chi connectivity index (χ3v) is 7.50. The van der Waals surface area contributed by atoms with Gasteiger partial charge in [-0.3, -0.25) is 4.79 Å². The number of amides is 1. The zero-order chi connectivity index (χ0) is 23.9. The van der Waals surface area contributed by atoms with Crippen molar-refractivity contribution < 1.29 is 14.3 Å². The first kappa shape index (κ1) is 21.5. The van der Waals surface area contributed by atoms with E-state index in [1.807, 2.05) is 78.9 Å². The normalized spacial score (nSPS) is 13.7. The molecule has 5 aromatic rings. The van der Waals surface area contributed by atoms with Crippen LogP contribution in [0.1, 0.15) is 22.8 Å². The van der Waals surface area contributed by atoms with E-state index >= 15 is 0 Å². The van der Waals surface area contributed by atoms with Crippen LogP contribution in [0.25, 0.3) is 31.6 Å². The predicted molar refractivity (Wildman–Crippen MR) is 140 cm³/mol. The molecule has 6 heteroatoms. The van der Waals surface area contributed by atoms with Crippen LogP contribution < -0.4 is 4.90 Å². The predicted octanol–water partition coefficient (Wildman–Crippen LogP) is 6.25. The minimum Gasteiger partial charge on any atom is -0.449 e. The van der Waals surface area contributed by atoms with E-state index in [2.05, 4.69) is 0 Å². The number of esters is 1. The second-order valence-electron chi connectivity index (χ2n) is 8.61. The Bertz CT molecular complexity index is 1570. The number of hydrogen-bond donors (Lipinski definition) is 0. The van der Waals surface area contributed by atoms with Gasteiger partial charge in [0.1, 0.15) is 5.01 Å². The van der Waals surface area contributed by atoms with E-state index in [1.54, 1.807) is 29.2 Å². The van der Waals surface area contributed by atoms with Crippen LogP contribution in [0.2, 0.25) is 0 Å². The molecule has 5 nitrogen and oxygen atoms in total. The smallest absolute Gasteiger partial charge is 0.339 e. The lowest BCUT2D eigenvalue weighted by atomic mass is 9.99. The quantitative estimate of drug-likeness (QED) is 0.287. The summed E-state index contributed by atoms with van der Waals surface area (Å²) in [6.45, 7) is 2.23. The fourth-order valence-electron chi connectivity index (χ4n) is 4.74. The molecule has 0 aliphatic carbocycles. The first-order valence-corrected chi connectivity index (χ1v) is 12.4. The van der Waals surface area contributed by atoms with E-state index in [9.17, 15) is 9.59 Å². The first-order valence-electron chi connectivity index (χ1n) is 11.6. The third-order valence-electron chi connectivity index (χ3n) is 6.43. The van der Waals surface area contributed by atoms with Gasteiger partial charge in [-0.05, 0) is 48.6 Å². The summed E-state index contributed by atoms with van der Waals surface area (Å²) >= 11 is 1.59. The lowest BCUT2D eigenvalue weighted by molar-refractivity contribution is -0.126. The first-order chi connectivity index (χ1) is 17.1. The Labute approximate surface area is 206 Å². The molecule has 0 spiro atoms. The third kappa shape index (κ3) is 3.76. The standard InChI is InChI=1S/C29H22N2O3S/c1-18(28(32)31-17-16-19-8-2-4-14-24(19)31)34-29(33)22-12-7-10-20-9-6-11-21(26(20)22)27-30-23-13-3-5-15-25(23)35-27/h2-15,18H,16-17H2,1H3. The Morgan fingerprint density at radius 3 is 2.57 bits per heavy atom. The lowest BCUT2D eigenvalue weighted by Gasteiger charge is -2.22. The van der Waals surface area contributed by atoms with Crippen LogP contribution in [0.4, 0.5) is 5.69 Å². The van der Waals surface area contributed by atoms with E-state index in [-0.39, 0.29) is 5.91 Å². The molecule has 1 aromatic heterocycles. The van der Waals surface area contributed by atoms with Gasteiger partial charge >= 0.3 is 5.97 Å². The number of hydrogen-bond acceptors (Lipinski definition) is 5. The fourth-order valence-corrected chi connectivity index (χ4v) is 5.74. The number of anilines is 1. The van der Waals surface area contributed by atoms with E-state index in [0.717, 1.165) is 49.2 Å². The molecule has 1 aliphatic rings. The second kappa shape index (κ2) is 8.64. The summed E-state index contributed by atoms with van der Waals surface area (Å²) in [4.78, 5) is 33.1. The topological polar surface area (TPSA) is 59.5 Å². The van der Waals surface area contributed by atoms with Crippen LogP contribution in [0.5, 0.6) is 0 Å². The summed E-state index contributed by atoms with van der Waals surface area (Å²) in [6, 6.07) is 27.3. The van der Waals surface area contributed by atoms with Crippen LogP contribution in [0.3, 0.4) is 0 Å². The molecular weight excluding hydrogens is 456 g/mol. The van der Waals surface area contributed by atoms with Crippen molar-refractivity contribution in [3.8, 4) is 10.6 Å². The van der Waals surface area contributed by atoms with E-state index in [1.165, 1.54) is 0 Å². The molecule has 6 rings (SSSR count). The number of fused-ring (bicyclic) bond motifs is 3. The highest BCUT2D eigenvalue weighted by Crippen LogP contribution is 2.36. The molecule has 4 aromatic carbocycles. The molecule has 172 valence electrons. The summed E-state index contributed by atoms with van der Waals surface area (Å²) in [5, 5.41) is 2.55. The zero-order valence-electron chi connectivity index (χ0n) is 19.1. The van der Waals surface area contributed by atoms with Crippen LogP contribution in [-0.4, -0.2) is 29.5 Å². The highest BCUT2D eigenvalue weighted by Gasteiger charge is 2.30. The maximum Gasteiger partial charge on any atom is 0.339 e. The van der Waals surface area contributed by atoms with E-state index in [4.69, 9.17) is 9.72 Å².